The SMILES string of the molecule is COc1cc(C(C)=O)ccc1OCC(=O)Nc1cccc(-c2ccc(N3CCN(C)CC3)nn2)c1. The Balaban J connectivity index is 1.37. The molecule has 0 radical (unpaired) electrons. The number of carbonyl (C=O) groups excluding carboxylic acids is 2. The van der Waals surface area contributed by atoms with Crippen molar-refractivity contribution in [2.45, 2.75) is 6.92 Å². The van der Waals surface area contributed by atoms with Crippen molar-refractivity contribution >= 4 is 23.2 Å². The van der Waals surface area contributed by atoms with Gasteiger partial charge in [0.15, 0.2) is 29.7 Å². The van der Waals surface area contributed by atoms with E-state index in [1.54, 1.807) is 24.3 Å². The molecule has 1 aliphatic heterocycles. The Morgan fingerprint density at radius 2 is 1.77 bits per heavy atom. The number of Topliss-reactive ketones (excluding diaryl/α,β-unsaturated/α-hetero) is 1. The van der Waals surface area contributed by atoms with E-state index in [9.17, 15) is 9.59 Å². The van der Waals surface area contributed by atoms with E-state index in [1.165, 1.54) is 14.0 Å². The molecule has 0 atom stereocenters. The molecule has 2 heterocycles. The fourth-order valence-corrected chi connectivity index (χ4v) is 3.79. The third-order valence-corrected chi connectivity index (χ3v) is 5.85. The van der Waals surface area contributed by atoms with Crippen LogP contribution in [0.4, 0.5) is 11.5 Å². The minimum atomic E-state index is -0.323. The van der Waals surface area contributed by atoms with E-state index >= 15 is 0 Å². The summed E-state index contributed by atoms with van der Waals surface area (Å²) in [4.78, 5) is 28.6. The van der Waals surface area contributed by atoms with Crippen molar-refractivity contribution < 1.29 is 19.1 Å². The molecule has 182 valence electrons. The number of benzene rings is 2. The average molecular weight is 476 g/mol. The zero-order chi connectivity index (χ0) is 24.8. The molecule has 9 nitrogen and oxygen atoms in total. The highest BCUT2D eigenvalue weighted by molar-refractivity contribution is 5.95. The fraction of sp³-hybridized carbons (Fsp3) is 0.308. The van der Waals surface area contributed by atoms with E-state index in [4.69, 9.17) is 9.47 Å². The summed E-state index contributed by atoms with van der Waals surface area (Å²) in [5.74, 6) is 1.25. The molecule has 3 aromatic rings. The average Bonchev–Trinajstić information content (AvgIpc) is 2.88. The van der Waals surface area contributed by atoms with E-state index in [1.807, 2.05) is 30.3 Å². The van der Waals surface area contributed by atoms with Crippen LogP contribution < -0.4 is 19.7 Å². The van der Waals surface area contributed by atoms with Crippen LogP contribution in [0.25, 0.3) is 11.3 Å². The lowest BCUT2D eigenvalue weighted by atomic mass is 10.1. The molecule has 35 heavy (non-hydrogen) atoms. The van der Waals surface area contributed by atoms with Gasteiger partial charge in [0.2, 0.25) is 0 Å². The van der Waals surface area contributed by atoms with Crippen molar-refractivity contribution in [3.05, 3.63) is 60.2 Å². The predicted octanol–water partition coefficient (Wildman–Crippen LogP) is 3.12. The number of likely N-dealkylation sites (N-methyl/N-ethyl adjacent to an activating group) is 1. The molecule has 4 rings (SSSR count). The van der Waals surface area contributed by atoms with Crippen LogP contribution in [0.15, 0.2) is 54.6 Å². The summed E-state index contributed by atoms with van der Waals surface area (Å²) in [5.41, 5.74) is 2.71. The van der Waals surface area contributed by atoms with Crippen molar-refractivity contribution in [1.29, 1.82) is 0 Å². The van der Waals surface area contributed by atoms with Crippen molar-refractivity contribution in [1.82, 2.24) is 15.1 Å². The van der Waals surface area contributed by atoms with Crippen molar-refractivity contribution in [3.63, 3.8) is 0 Å². The molecule has 1 amide bonds. The van der Waals surface area contributed by atoms with Crippen molar-refractivity contribution in [2.24, 2.45) is 0 Å². The molecule has 1 aliphatic rings. The largest absolute Gasteiger partial charge is 0.493 e. The standard InChI is InChI=1S/C26H29N5O4/c1-18(32)19-7-9-23(24(16-19)34-3)35-17-26(33)27-21-6-4-5-20(15-21)22-8-10-25(29-28-22)31-13-11-30(2)12-14-31/h4-10,15-16H,11-14,17H2,1-3H3,(H,27,33). The highest BCUT2D eigenvalue weighted by atomic mass is 16.5. The van der Waals surface area contributed by atoms with E-state index in [-0.39, 0.29) is 18.3 Å². The second-order valence-electron chi connectivity index (χ2n) is 8.41. The summed E-state index contributed by atoms with van der Waals surface area (Å²) in [5, 5.41) is 11.6. The number of ether oxygens (including phenoxy) is 2. The first-order valence-electron chi connectivity index (χ1n) is 11.4. The van der Waals surface area contributed by atoms with Crippen LogP contribution in [-0.4, -0.2) is 73.7 Å². The number of rotatable bonds is 8. The Hall–Kier alpha value is -3.98. The van der Waals surface area contributed by atoms with E-state index < -0.39 is 0 Å². The van der Waals surface area contributed by atoms with Crippen molar-refractivity contribution in [2.75, 3.05) is 57.2 Å². The number of anilines is 2. The summed E-state index contributed by atoms with van der Waals surface area (Å²) in [6.07, 6.45) is 0. The molecule has 0 unspecified atom stereocenters. The van der Waals surface area contributed by atoms with Gasteiger partial charge in [-0.1, -0.05) is 12.1 Å². The minimum absolute atomic E-state index is 0.0777. The molecule has 1 saturated heterocycles. The number of methoxy groups -OCH3 is 1. The topological polar surface area (TPSA) is 96.9 Å². The fourth-order valence-electron chi connectivity index (χ4n) is 3.79. The Morgan fingerprint density at radius 3 is 2.46 bits per heavy atom. The summed E-state index contributed by atoms with van der Waals surface area (Å²) < 4.78 is 10.9. The lowest BCUT2D eigenvalue weighted by Gasteiger charge is -2.32. The monoisotopic (exact) mass is 475 g/mol. The second kappa shape index (κ2) is 11.0. The van der Waals surface area contributed by atoms with Crippen molar-refractivity contribution in [3.8, 4) is 22.8 Å². The minimum Gasteiger partial charge on any atom is -0.493 e. The number of hydrogen-bond donors (Lipinski definition) is 1. The number of nitrogens with one attached hydrogen (secondary N) is 1. The molecule has 0 saturated carbocycles. The number of aromatic nitrogens is 2. The zero-order valence-corrected chi connectivity index (χ0v) is 20.2. The Kier molecular flexibility index (Phi) is 7.57. The Labute approximate surface area is 204 Å². The maximum atomic E-state index is 12.5. The lowest BCUT2D eigenvalue weighted by Crippen LogP contribution is -2.44. The Morgan fingerprint density at radius 1 is 0.971 bits per heavy atom. The van der Waals surface area contributed by atoms with Gasteiger partial charge in [-0.15, -0.1) is 10.2 Å². The molecule has 1 fully saturated rings. The summed E-state index contributed by atoms with van der Waals surface area (Å²) in [6, 6.07) is 16.2. The molecular formula is C26H29N5O4. The first kappa shape index (κ1) is 24.2. The van der Waals surface area contributed by atoms with Gasteiger partial charge in [0.1, 0.15) is 0 Å². The molecular weight excluding hydrogens is 446 g/mol. The molecule has 1 N–H and O–H groups in total. The molecule has 9 heteroatoms. The number of amides is 1. The lowest BCUT2D eigenvalue weighted by molar-refractivity contribution is -0.118. The number of piperazine rings is 1. The van der Waals surface area contributed by atoms with Gasteiger partial charge in [0.05, 0.1) is 12.8 Å². The second-order valence-corrected chi connectivity index (χ2v) is 8.41. The summed E-state index contributed by atoms with van der Waals surface area (Å²) >= 11 is 0. The summed E-state index contributed by atoms with van der Waals surface area (Å²) in [6.45, 7) is 5.14. The highest BCUT2D eigenvalue weighted by Gasteiger charge is 2.16. The van der Waals surface area contributed by atoms with Gasteiger partial charge >= 0.3 is 0 Å². The van der Waals surface area contributed by atoms with Crippen LogP contribution in [0, 0.1) is 0 Å². The van der Waals surface area contributed by atoms with Crippen LogP contribution >= 0.6 is 0 Å². The zero-order valence-electron chi connectivity index (χ0n) is 20.2. The van der Waals surface area contributed by atoms with Gasteiger partial charge in [-0.25, -0.2) is 0 Å². The van der Waals surface area contributed by atoms with Crippen LogP contribution in [0.2, 0.25) is 0 Å². The molecule has 0 aliphatic carbocycles. The third-order valence-electron chi connectivity index (χ3n) is 5.85. The van der Waals surface area contributed by atoms with E-state index in [0.717, 1.165) is 43.3 Å². The van der Waals surface area contributed by atoms with Gasteiger partial charge in [-0.2, -0.15) is 0 Å². The van der Waals surface area contributed by atoms with Crippen LogP contribution in [0.3, 0.4) is 0 Å². The quantitative estimate of drug-likeness (QED) is 0.497. The van der Waals surface area contributed by atoms with E-state index in [2.05, 4.69) is 32.4 Å². The molecule has 0 bridgehead atoms. The Bertz CT molecular complexity index is 1190. The predicted molar refractivity (Wildman–Crippen MR) is 134 cm³/mol. The normalized spacial score (nSPS) is 13.9. The number of hydrogen-bond acceptors (Lipinski definition) is 8. The first-order chi connectivity index (χ1) is 16.9. The van der Waals surface area contributed by atoms with Gasteiger partial charge < -0.3 is 24.6 Å². The van der Waals surface area contributed by atoms with Gasteiger partial charge in [0, 0.05) is 43.0 Å². The number of nitrogens with zero attached hydrogens (tertiary/aromatic N) is 4. The van der Waals surface area contributed by atoms with Crippen LogP contribution in [-0.2, 0) is 4.79 Å². The van der Waals surface area contributed by atoms with Gasteiger partial charge in [-0.3, -0.25) is 9.59 Å². The maximum Gasteiger partial charge on any atom is 0.262 e. The smallest absolute Gasteiger partial charge is 0.262 e. The van der Waals surface area contributed by atoms with Crippen LogP contribution in [0.5, 0.6) is 11.5 Å². The maximum absolute atomic E-state index is 12.5. The van der Waals surface area contributed by atoms with Gasteiger partial charge in [-0.05, 0) is 56.4 Å². The third kappa shape index (κ3) is 6.13. The molecule has 0 spiro atoms. The highest BCUT2D eigenvalue weighted by Crippen LogP contribution is 2.28. The number of ketones is 1. The van der Waals surface area contributed by atoms with E-state index in [0.29, 0.717) is 22.7 Å². The molecule has 1 aromatic heterocycles. The van der Waals surface area contributed by atoms with Gasteiger partial charge in [0.25, 0.3) is 5.91 Å². The van der Waals surface area contributed by atoms with Crippen LogP contribution in [0.1, 0.15) is 17.3 Å². The molecule has 2 aromatic carbocycles. The summed E-state index contributed by atoms with van der Waals surface area (Å²) in [7, 11) is 3.60. The first-order valence-corrected chi connectivity index (χ1v) is 11.4. The number of carbonyl (C=O) groups is 2.